The first-order valence-electron chi connectivity index (χ1n) is 10.9. The number of aromatic nitrogens is 3. The Morgan fingerprint density at radius 1 is 1.00 bits per heavy atom. The summed E-state index contributed by atoms with van der Waals surface area (Å²) in [6.45, 7) is 0.888. The minimum atomic E-state index is -0.663. The molecule has 34 heavy (non-hydrogen) atoms. The summed E-state index contributed by atoms with van der Waals surface area (Å²) in [5, 5.41) is 9.24. The number of nitrogens with two attached hydrogens (primary N) is 1. The van der Waals surface area contributed by atoms with Gasteiger partial charge in [0.25, 0.3) is 0 Å². The van der Waals surface area contributed by atoms with Crippen LogP contribution in [0.2, 0.25) is 0 Å². The highest BCUT2D eigenvalue weighted by atomic mass is 32.2. The summed E-state index contributed by atoms with van der Waals surface area (Å²) in [5.41, 5.74) is 8.81. The summed E-state index contributed by atoms with van der Waals surface area (Å²) in [5.74, 6) is 0.628. The normalized spacial score (nSPS) is 15.2. The number of fused-ring (bicyclic) bond motifs is 1. The van der Waals surface area contributed by atoms with E-state index in [1.54, 1.807) is 17.2 Å². The van der Waals surface area contributed by atoms with Crippen LogP contribution < -0.4 is 5.73 Å². The first kappa shape index (κ1) is 22.0. The second-order valence-electron chi connectivity index (χ2n) is 8.06. The molecule has 9 heteroatoms. The lowest BCUT2D eigenvalue weighted by Crippen LogP contribution is -2.51. The standard InChI is InChI=1S/C25H23N5O3S/c26-23(32)20-13-18-9-4-5-10-19(18)15-29(20)22(31)16-34-25-28-27-24(21-11-6-12-33-21)30(25)14-17-7-2-1-3-8-17/h1-12,20H,13-16H2,(H2,26,32). The number of nitrogens with zero attached hydrogens (tertiary/aromatic N) is 4. The monoisotopic (exact) mass is 473 g/mol. The van der Waals surface area contributed by atoms with Crippen molar-refractivity contribution in [3.63, 3.8) is 0 Å². The molecule has 1 aliphatic heterocycles. The van der Waals surface area contributed by atoms with Gasteiger partial charge in [0, 0.05) is 13.0 Å². The maximum absolute atomic E-state index is 13.2. The van der Waals surface area contributed by atoms with E-state index in [2.05, 4.69) is 10.2 Å². The zero-order chi connectivity index (χ0) is 23.5. The Labute approximate surface area is 200 Å². The van der Waals surface area contributed by atoms with E-state index in [-0.39, 0.29) is 11.7 Å². The van der Waals surface area contributed by atoms with E-state index in [0.717, 1.165) is 16.7 Å². The molecule has 5 rings (SSSR count). The molecule has 2 aromatic heterocycles. The van der Waals surface area contributed by atoms with Crippen LogP contribution in [0.15, 0.2) is 82.6 Å². The molecule has 0 aliphatic carbocycles. The summed E-state index contributed by atoms with van der Waals surface area (Å²) in [4.78, 5) is 26.9. The van der Waals surface area contributed by atoms with Crippen LogP contribution >= 0.6 is 11.8 Å². The number of thioether (sulfide) groups is 1. The number of primary amides is 1. The Morgan fingerprint density at radius 3 is 2.50 bits per heavy atom. The van der Waals surface area contributed by atoms with Crippen molar-refractivity contribution in [3.8, 4) is 11.6 Å². The maximum atomic E-state index is 13.2. The molecular weight excluding hydrogens is 450 g/mol. The van der Waals surface area contributed by atoms with Crippen LogP contribution in [-0.2, 0) is 29.1 Å². The summed E-state index contributed by atoms with van der Waals surface area (Å²) in [7, 11) is 0. The largest absolute Gasteiger partial charge is 0.461 e. The average Bonchev–Trinajstić information content (AvgIpc) is 3.52. The molecule has 8 nitrogen and oxygen atoms in total. The lowest BCUT2D eigenvalue weighted by Gasteiger charge is -2.35. The van der Waals surface area contributed by atoms with Gasteiger partial charge in [-0.3, -0.25) is 14.2 Å². The topological polar surface area (TPSA) is 107 Å². The number of benzene rings is 2. The molecule has 4 aromatic rings. The van der Waals surface area contributed by atoms with E-state index < -0.39 is 11.9 Å². The highest BCUT2D eigenvalue weighted by molar-refractivity contribution is 7.99. The van der Waals surface area contributed by atoms with Gasteiger partial charge < -0.3 is 15.1 Å². The molecule has 2 amide bonds. The predicted octanol–water partition coefficient (Wildman–Crippen LogP) is 3.12. The van der Waals surface area contributed by atoms with Gasteiger partial charge in [-0.1, -0.05) is 66.4 Å². The van der Waals surface area contributed by atoms with E-state index in [0.29, 0.717) is 36.3 Å². The SMILES string of the molecule is NC(=O)C1Cc2ccccc2CN1C(=O)CSc1nnc(-c2ccco2)n1Cc1ccccc1. The fraction of sp³-hybridized carbons (Fsp3) is 0.200. The lowest BCUT2D eigenvalue weighted by atomic mass is 9.93. The molecule has 1 unspecified atom stereocenters. The number of carbonyl (C=O) groups is 2. The second kappa shape index (κ2) is 9.56. The molecule has 0 saturated heterocycles. The lowest BCUT2D eigenvalue weighted by molar-refractivity contribution is -0.138. The molecular formula is C25H23N5O3S. The number of hydrogen-bond donors (Lipinski definition) is 1. The summed E-state index contributed by atoms with van der Waals surface area (Å²) in [6, 6.07) is 20.7. The third kappa shape index (κ3) is 4.47. The molecule has 1 atom stereocenters. The fourth-order valence-electron chi connectivity index (χ4n) is 4.14. The van der Waals surface area contributed by atoms with Crippen molar-refractivity contribution < 1.29 is 14.0 Å². The van der Waals surface area contributed by atoms with Crippen LogP contribution in [0.4, 0.5) is 0 Å². The smallest absolute Gasteiger partial charge is 0.240 e. The Bertz CT molecular complexity index is 1300. The van der Waals surface area contributed by atoms with E-state index in [1.807, 2.05) is 65.2 Å². The Hall–Kier alpha value is -3.85. The molecule has 0 fully saturated rings. The van der Waals surface area contributed by atoms with Gasteiger partial charge in [-0.25, -0.2) is 0 Å². The van der Waals surface area contributed by atoms with Crippen molar-refractivity contribution in [1.29, 1.82) is 0 Å². The summed E-state index contributed by atoms with van der Waals surface area (Å²) in [6.07, 6.45) is 2.01. The van der Waals surface area contributed by atoms with Gasteiger partial charge in [0.1, 0.15) is 6.04 Å². The number of amides is 2. The summed E-state index contributed by atoms with van der Waals surface area (Å²) >= 11 is 1.29. The number of furan rings is 1. The minimum Gasteiger partial charge on any atom is -0.461 e. The van der Waals surface area contributed by atoms with E-state index in [4.69, 9.17) is 10.2 Å². The fourth-order valence-corrected chi connectivity index (χ4v) is 4.96. The van der Waals surface area contributed by atoms with Crippen molar-refractivity contribution in [2.24, 2.45) is 5.73 Å². The molecule has 0 saturated carbocycles. The van der Waals surface area contributed by atoms with E-state index in [9.17, 15) is 9.59 Å². The van der Waals surface area contributed by atoms with E-state index >= 15 is 0 Å². The van der Waals surface area contributed by atoms with Crippen LogP contribution in [0.5, 0.6) is 0 Å². The van der Waals surface area contributed by atoms with E-state index in [1.165, 1.54) is 11.8 Å². The Balaban J connectivity index is 1.37. The van der Waals surface area contributed by atoms with Gasteiger partial charge in [-0.15, -0.1) is 10.2 Å². The van der Waals surface area contributed by atoms with Crippen LogP contribution in [-0.4, -0.2) is 43.3 Å². The molecule has 3 heterocycles. The number of carbonyl (C=O) groups excluding carboxylic acids is 2. The molecule has 0 radical (unpaired) electrons. The third-order valence-corrected chi connectivity index (χ3v) is 6.82. The number of rotatable bonds is 7. The minimum absolute atomic E-state index is 0.108. The van der Waals surface area contributed by atoms with Crippen LogP contribution in [0.1, 0.15) is 16.7 Å². The average molecular weight is 474 g/mol. The highest BCUT2D eigenvalue weighted by Crippen LogP contribution is 2.28. The zero-order valence-corrected chi connectivity index (χ0v) is 19.1. The van der Waals surface area contributed by atoms with Gasteiger partial charge in [-0.2, -0.15) is 0 Å². The number of hydrogen-bond acceptors (Lipinski definition) is 6. The second-order valence-corrected chi connectivity index (χ2v) is 9.00. The molecule has 2 aromatic carbocycles. The van der Waals surface area contributed by atoms with Gasteiger partial charge in [0.05, 0.1) is 18.6 Å². The zero-order valence-electron chi connectivity index (χ0n) is 18.3. The van der Waals surface area contributed by atoms with Gasteiger partial charge in [-0.05, 0) is 28.8 Å². The molecule has 0 spiro atoms. The van der Waals surface area contributed by atoms with Crippen molar-refractivity contribution in [3.05, 3.63) is 89.7 Å². The molecule has 1 aliphatic rings. The first-order valence-corrected chi connectivity index (χ1v) is 11.9. The van der Waals surface area contributed by atoms with Crippen molar-refractivity contribution in [2.75, 3.05) is 5.75 Å². The van der Waals surface area contributed by atoms with Gasteiger partial charge in [0.15, 0.2) is 10.9 Å². The molecule has 0 bridgehead atoms. The van der Waals surface area contributed by atoms with Gasteiger partial charge >= 0.3 is 0 Å². The van der Waals surface area contributed by atoms with Crippen molar-refractivity contribution in [2.45, 2.75) is 30.7 Å². The van der Waals surface area contributed by atoms with Gasteiger partial charge in [0.2, 0.25) is 17.6 Å². The van der Waals surface area contributed by atoms with Crippen molar-refractivity contribution >= 4 is 23.6 Å². The highest BCUT2D eigenvalue weighted by Gasteiger charge is 2.33. The van der Waals surface area contributed by atoms with Crippen molar-refractivity contribution in [1.82, 2.24) is 19.7 Å². The molecule has 172 valence electrons. The first-order chi connectivity index (χ1) is 16.6. The Morgan fingerprint density at radius 2 is 1.76 bits per heavy atom. The van der Waals surface area contributed by atoms with Crippen LogP contribution in [0.25, 0.3) is 11.6 Å². The van der Waals surface area contributed by atoms with Crippen LogP contribution in [0.3, 0.4) is 0 Å². The summed E-state index contributed by atoms with van der Waals surface area (Å²) < 4.78 is 7.48. The van der Waals surface area contributed by atoms with Crippen LogP contribution in [0, 0.1) is 0 Å². The maximum Gasteiger partial charge on any atom is 0.240 e. The molecule has 2 N–H and O–H groups in total. The Kier molecular flexibility index (Phi) is 6.18. The quantitative estimate of drug-likeness (QED) is 0.413. The predicted molar refractivity (Wildman–Crippen MR) is 128 cm³/mol. The third-order valence-electron chi connectivity index (χ3n) is 5.86.